The first-order valence-electron chi connectivity index (χ1n) is 28.4. The van der Waals surface area contributed by atoms with Crippen molar-refractivity contribution in [2.45, 2.75) is 82.3 Å². The summed E-state index contributed by atoms with van der Waals surface area (Å²) >= 11 is 23.6. The smallest absolute Gasteiger partial charge is 0.266 e. The first-order valence-corrected chi connectivity index (χ1v) is 35.4. The number of thioether (sulfide) groups is 4. The molecule has 3 aromatic heterocycles. The van der Waals surface area contributed by atoms with Crippen molar-refractivity contribution >= 4 is 175 Å². The van der Waals surface area contributed by atoms with Gasteiger partial charge in [0.1, 0.15) is 30.7 Å². The second-order valence-electron chi connectivity index (χ2n) is 22.5. The van der Waals surface area contributed by atoms with E-state index in [2.05, 4.69) is 117 Å². The number of para-hydroxylation sites is 1. The van der Waals surface area contributed by atoms with Crippen LogP contribution in [0.1, 0.15) is 90.9 Å². The number of amides is 2. The minimum atomic E-state index is -0.291. The SMILES string of the molecule is CCN1C(=O)C(CC(C)C2=CC3SCC(c4sc(C5=CC6C(C=C5)N(c5ccccc5)c5ccc(C7=C8OCCOC8=C(c8cc9sc(/C=C%10/SC(=S)N(CC)C%10=O)cc9s8)CS7)cc5C6(C)C)c5c4OCCO5)=CC3S2)CCCC1=S. The van der Waals surface area contributed by atoms with Crippen molar-refractivity contribution in [3.63, 3.8) is 0 Å². The molecule has 422 valence electrons. The van der Waals surface area contributed by atoms with Crippen LogP contribution in [-0.2, 0) is 24.5 Å². The summed E-state index contributed by atoms with van der Waals surface area (Å²) in [6, 6.07) is 22.4. The van der Waals surface area contributed by atoms with Crippen molar-refractivity contribution in [3.05, 3.63) is 143 Å². The zero-order chi connectivity index (χ0) is 56.1. The van der Waals surface area contributed by atoms with Gasteiger partial charge in [-0.3, -0.25) is 14.5 Å². The lowest BCUT2D eigenvalue weighted by Crippen LogP contribution is -2.50. The molecule has 8 aliphatic heterocycles. The van der Waals surface area contributed by atoms with Crippen LogP contribution in [-0.4, -0.2) is 98.5 Å². The van der Waals surface area contributed by atoms with Crippen molar-refractivity contribution in [2.24, 2.45) is 17.8 Å². The number of allylic oxidation sites excluding steroid dienone is 3. The van der Waals surface area contributed by atoms with Crippen molar-refractivity contribution in [2.75, 3.05) is 55.9 Å². The molecule has 82 heavy (non-hydrogen) atoms. The molecular weight excluding hydrogens is 1200 g/mol. The van der Waals surface area contributed by atoms with E-state index in [9.17, 15) is 9.59 Å². The molecule has 18 heteroatoms. The summed E-state index contributed by atoms with van der Waals surface area (Å²) in [5.41, 5.74) is 8.13. The molecule has 1 aliphatic carbocycles. The molecule has 0 bridgehead atoms. The third-order valence-electron chi connectivity index (χ3n) is 17.2. The van der Waals surface area contributed by atoms with Crippen LogP contribution in [0, 0.1) is 17.8 Å². The van der Waals surface area contributed by atoms with E-state index in [4.69, 9.17) is 43.4 Å². The molecule has 0 N–H and O–H groups in total. The van der Waals surface area contributed by atoms with Gasteiger partial charge in [0.2, 0.25) is 5.91 Å². The fourth-order valence-electron chi connectivity index (χ4n) is 13.0. The first kappa shape index (κ1) is 55.4. The number of nitrogens with zero attached hydrogens (tertiary/aromatic N) is 3. The highest BCUT2D eigenvalue weighted by atomic mass is 32.2. The Kier molecular flexibility index (Phi) is 15.1. The van der Waals surface area contributed by atoms with Crippen molar-refractivity contribution < 1.29 is 28.5 Å². The Morgan fingerprint density at radius 1 is 0.817 bits per heavy atom. The molecule has 6 unspecified atom stereocenters. The van der Waals surface area contributed by atoms with E-state index in [-0.39, 0.29) is 35.1 Å². The fourth-order valence-corrected chi connectivity index (χ4v) is 22.7. The summed E-state index contributed by atoms with van der Waals surface area (Å²) in [6.45, 7) is 14.4. The Hall–Kier alpha value is -4.50. The number of likely N-dealkylation sites (N-methyl/N-ethyl adjacent to an activating group) is 1. The normalized spacial score (nSPS) is 25.8. The molecule has 9 nitrogen and oxygen atoms in total. The van der Waals surface area contributed by atoms with Gasteiger partial charge in [-0.25, -0.2) is 0 Å². The number of likely N-dealkylation sites (tertiary alicyclic amines) is 1. The van der Waals surface area contributed by atoms with Crippen LogP contribution in [0.25, 0.3) is 37.1 Å². The summed E-state index contributed by atoms with van der Waals surface area (Å²) in [6.07, 6.45) is 17.8. The van der Waals surface area contributed by atoms with Gasteiger partial charge < -0.3 is 28.7 Å². The lowest BCUT2D eigenvalue weighted by atomic mass is 9.64. The van der Waals surface area contributed by atoms with Crippen LogP contribution < -0.4 is 14.4 Å². The van der Waals surface area contributed by atoms with E-state index in [0.29, 0.717) is 65.2 Å². The molecule has 0 spiro atoms. The fraction of sp³-hybridized carbons (Fsp3) is 0.375. The molecule has 14 rings (SSSR count). The average Bonchev–Trinajstić information content (AvgIpc) is 4.41. The molecule has 0 saturated carbocycles. The van der Waals surface area contributed by atoms with Gasteiger partial charge in [-0.05, 0) is 115 Å². The van der Waals surface area contributed by atoms with E-state index >= 15 is 0 Å². The maximum atomic E-state index is 13.6. The zero-order valence-corrected chi connectivity index (χ0v) is 53.5. The predicted molar refractivity (Wildman–Crippen MR) is 356 cm³/mol. The van der Waals surface area contributed by atoms with Crippen LogP contribution in [0.5, 0.6) is 11.5 Å². The zero-order valence-electron chi connectivity index (χ0n) is 46.2. The van der Waals surface area contributed by atoms with Gasteiger partial charge in [-0.1, -0.05) is 112 Å². The second-order valence-corrected chi connectivity index (χ2v) is 31.2. The van der Waals surface area contributed by atoms with Crippen LogP contribution in [0.2, 0.25) is 0 Å². The van der Waals surface area contributed by atoms with Gasteiger partial charge in [-0.15, -0.1) is 69.3 Å². The Morgan fingerprint density at radius 2 is 1.59 bits per heavy atom. The maximum absolute atomic E-state index is 13.6. The number of hydrogen-bond acceptors (Lipinski definition) is 16. The molecule has 2 aromatic carbocycles. The van der Waals surface area contributed by atoms with E-state index in [0.717, 1.165) is 96.7 Å². The monoisotopic (exact) mass is 1260 g/mol. The number of anilines is 2. The van der Waals surface area contributed by atoms with Crippen LogP contribution in [0.4, 0.5) is 11.4 Å². The van der Waals surface area contributed by atoms with Crippen LogP contribution >= 0.6 is 105 Å². The van der Waals surface area contributed by atoms with E-state index in [1.807, 2.05) is 71.4 Å². The average molecular weight is 1260 g/mol. The van der Waals surface area contributed by atoms with Gasteiger partial charge in [-0.2, -0.15) is 0 Å². The molecule has 0 radical (unpaired) electrons. The van der Waals surface area contributed by atoms with Crippen molar-refractivity contribution in [1.82, 2.24) is 9.80 Å². The molecule has 3 fully saturated rings. The quantitative estimate of drug-likeness (QED) is 0.0931. The summed E-state index contributed by atoms with van der Waals surface area (Å²) in [4.78, 5) is 41.2. The third-order valence-corrected chi connectivity index (χ3v) is 26.7. The third kappa shape index (κ3) is 9.73. The highest BCUT2D eigenvalue weighted by Crippen LogP contribution is 2.58. The summed E-state index contributed by atoms with van der Waals surface area (Å²) < 4.78 is 29.5. The molecule has 3 saturated heterocycles. The Balaban J connectivity index is 0.762. The van der Waals surface area contributed by atoms with E-state index in [1.165, 1.54) is 58.2 Å². The van der Waals surface area contributed by atoms with Crippen molar-refractivity contribution in [1.29, 1.82) is 0 Å². The highest BCUT2D eigenvalue weighted by molar-refractivity contribution is 8.26. The topological polar surface area (TPSA) is 80.8 Å². The van der Waals surface area contributed by atoms with Crippen LogP contribution in [0.15, 0.2) is 112 Å². The lowest BCUT2D eigenvalue weighted by Gasteiger charge is -2.51. The Bertz CT molecular complexity index is 3710. The largest absolute Gasteiger partial charge is 0.486 e. The number of fused-ring (bicyclic) bond motifs is 6. The number of ether oxygens (including phenoxy) is 4. The minimum Gasteiger partial charge on any atom is -0.486 e. The standard InChI is InChI=1S/C64H61N3O6S9/c1-6-65-53(74)15-11-12-37(61(65)68)24-34(3)46-30-48-49(79-46)27-38(32-76-48)60-57-56(72-22-23-73-57)59(82-60)36-17-19-45-43(26-36)64(4,5)42-25-35(16-18-44(42)67(45)39-13-9-8-10-14-39)58-55-54(70-20-21-71-55)41(33-77-58)47-31-51-50(80-47)28-40(78-51)29-52-62(69)66(7-2)63(75)81-52/h8-10,13-14,16-19,25-31,34,37,43,45,48-49H,6-7,11-12,15,20-24,32-33H2,1-5H3/b52-29+. The van der Waals surface area contributed by atoms with Gasteiger partial charge >= 0.3 is 0 Å². The second kappa shape index (κ2) is 22.4. The number of carbonyl (C=O) groups excluding carboxylic acids is 2. The summed E-state index contributed by atoms with van der Waals surface area (Å²) in [5.74, 6) is 5.67. The van der Waals surface area contributed by atoms with Gasteiger partial charge in [0.15, 0.2) is 23.0 Å². The maximum Gasteiger partial charge on any atom is 0.266 e. The van der Waals surface area contributed by atoms with Crippen molar-refractivity contribution in [3.8, 4) is 11.5 Å². The number of rotatable bonds is 11. The van der Waals surface area contributed by atoms with Gasteiger partial charge in [0.25, 0.3) is 5.91 Å². The summed E-state index contributed by atoms with van der Waals surface area (Å²) in [5, 5.41) is 0.716. The predicted octanol–water partition coefficient (Wildman–Crippen LogP) is 16.5. The van der Waals surface area contributed by atoms with E-state index < -0.39 is 0 Å². The highest BCUT2D eigenvalue weighted by Gasteiger charge is 2.47. The molecule has 2 amide bonds. The minimum absolute atomic E-state index is 0.0137. The Labute approximate surface area is 519 Å². The number of thiocarbonyl (C=S) groups is 2. The molecule has 11 heterocycles. The van der Waals surface area contributed by atoms with Gasteiger partial charge in [0.05, 0.1) is 30.6 Å². The molecule has 5 aromatic rings. The number of carbonyl (C=O) groups is 2. The van der Waals surface area contributed by atoms with E-state index in [1.54, 1.807) is 27.6 Å². The lowest BCUT2D eigenvalue weighted by molar-refractivity contribution is -0.131. The summed E-state index contributed by atoms with van der Waals surface area (Å²) in [7, 11) is 0. The number of hydrogen-bond donors (Lipinski definition) is 0. The molecule has 6 atom stereocenters. The molecule has 9 aliphatic rings. The van der Waals surface area contributed by atoms with Gasteiger partial charge in [0, 0.05) is 88.4 Å². The number of benzene rings is 2. The first-order chi connectivity index (χ1) is 39.8. The number of thiophene rings is 3. The molecular formula is C64H61N3O6S9. The van der Waals surface area contributed by atoms with Crippen LogP contribution in [0.3, 0.4) is 0 Å². The Morgan fingerprint density at radius 3 is 2.37 bits per heavy atom.